The topological polar surface area (TPSA) is 94.1 Å². The summed E-state index contributed by atoms with van der Waals surface area (Å²) < 4.78 is 16.0. The molecule has 0 fully saturated rings. The molecule has 0 spiro atoms. The van der Waals surface area contributed by atoms with E-state index in [2.05, 4.69) is 12.2 Å². The van der Waals surface area contributed by atoms with Crippen molar-refractivity contribution >= 4 is 12.2 Å². The minimum atomic E-state index is -0.880. The summed E-state index contributed by atoms with van der Waals surface area (Å²) >= 11 is 0. The number of aliphatic hydroxyl groups is 1. The predicted molar refractivity (Wildman–Crippen MR) is 142 cm³/mol. The fraction of sp³-hybridized carbons (Fsp3) is 0.857. The van der Waals surface area contributed by atoms with Gasteiger partial charge in [0, 0.05) is 0 Å². The van der Waals surface area contributed by atoms with Crippen molar-refractivity contribution in [2.24, 2.45) is 0 Å². The number of carbonyl (C=O) groups is 2. The third kappa shape index (κ3) is 21.3. The van der Waals surface area contributed by atoms with E-state index in [1.165, 1.54) is 57.8 Å². The van der Waals surface area contributed by atoms with Crippen molar-refractivity contribution in [3.63, 3.8) is 0 Å². The van der Waals surface area contributed by atoms with E-state index in [-0.39, 0.29) is 0 Å². The quantitative estimate of drug-likeness (QED) is 0.123. The van der Waals surface area contributed by atoms with E-state index in [0.717, 1.165) is 19.3 Å². The Labute approximate surface area is 214 Å². The molecule has 0 aliphatic rings. The fourth-order valence-corrected chi connectivity index (χ4v) is 3.49. The van der Waals surface area contributed by atoms with Crippen LogP contribution in [0, 0.1) is 0 Å². The molecule has 7 nitrogen and oxygen atoms in total. The van der Waals surface area contributed by atoms with Crippen LogP contribution in [0.25, 0.3) is 0 Å². The van der Waals surface area contributed by atoms with Crippen LogP contribution in [0.1, 0.15) is 126 Å². The molecule has 0 aliphatic carbocycles. The third-order valence-corrected chi connectivity index (χ3v) is 5.22. The highest BCUT2D eigenvalue weighted by atomic mass is 16.7. The fourth-order valence-electron chi connectivity index (χ4n) is 3.49. The highest BCUT2D eigenvalue weighted by Gasteiger charge is 2.28. The Morgan fingerprint density at radius 2 is 1.29 bits per heavy atom. The highest BCUT2D eigenvalue weighted by molar-refractivity contribution is 5.68. The van der Waals surface area contributed by atoms with Crippen LogP contribution in [0.4, 0.5) is 9.59 Å². The first kappa shape index (κ1) is 33.2. The SMILES string of the molecule is CCCCCCCCCCCCC/C=C\C(OC(=O)OC(C)(C)C)C(CO)NC(=O)OC(C)(C)C. The van der Waals surface area contributed by atoms with Crippen molar-refractivity contribution in [1.29, 1.82) is 0 Å². The van der Waals surface area contributed by atoms with Gasteiger partial charge in [-0.3, -0.25) is 0 Å². The molecule has 35 heavy (non-hydrogen) atoms. The average molecular weight is 500 g/mol. The molecule has 0 aromatic heterocycles. The molecule has 0 aliphatic heterocycles. The first-order valence-corrected chi connectivity index (χ1v) is 13.5. The molecule has 7 heteroatoms. The van der Waals surface area contributed by atoms with Crippen LogP contribution in [0.5, 0.6) is 0 Å². The monoisotopic (exact) mass is 499 g/mol. The van der Waals surface area contributed by atoms with Gasteiger partial charge in [-0.1, -0.05) is 77.2 Å². The van der Waals surface area contributed by atoms with Gasteiger partial charge in [0.25, 0.3) is 0 Å². The lowest BCUT2D eigenvalue weighted by molar-refractivity contribution is -0.0292. The molecule has 206 valence electrons. The van der Waals surface area contributed by atoms with Gasteiger partial charge in [-0.2, -0.15) is 0 Å². The number of ether oxygens (including phenoxy) is 3. The maximum Gasteiger partial charge on any atom is 0.509 e. The molecule has 2 unspecified atom stereocenters. The van der Waals surface area contributed by atoms with Gasteiger partial charge >= 0.3 is 12.2 Å². The summed E-state index contributed by atoms with van der Waals surface area (Å²) in [4.78, 5) is 24.4. The Morgan fingerprint density at radius 3 is 1.74 bits per heavy atom. The number of nitrogens with one attached hydrogen (secondary N) is 1. The molecule has 0 rings (SSSR count). The number of aliphatic hydroxyl groups excluding tert-OH is 1. The van der Waals surface area contributed by atoms with Crippen LogP contribution < -0.4 is 5.32 Å². The van der Waals surface area contributed by atoms with Gasteiger partial charge in [0.15, 0.2) is 0 Å². The van der Waals surface area contributed by atoms with E-state index >= 15 is 0 Å². The smallest absolute Gasteiger partial charge is 0.444 e. The van der Waals surface area contributed by atoms with E-state index in [9.17, 15) is 14.7 Å². The summed E-state index contributed by atoms with van der Waals surface area (Å²) in [6.45, 7) is 12.3. The predicted octanol–water partition coefficient (Wildman–Crippen LogP) is 7.45. The minimum absolute atomic E-state index is 0.421. The van der Waals surface area contributed by atoms with Crippen molar-refractivity contribution in [2.75, 3.05) is 6.61 Å². The van der Waals surface area contributed by atoms with Crippen LogP contribution >= 0.6 is 0 Å². The Hall–Kier alpha value is -1.76. The van der Waals surface area contributed by atoms with E-state index in [0.29, 0.717) is 0 Å². The van der Waals surface area contributed by atoms with Crippen LogP contribution in [0.15, 0.2) is 12.2 Å². The van der Waals surface area contributed by atoms with Crippen molar-refractivity contribution in [1.82, 2.24) is 5.32 Å². The normalized spacial score (nSPS) is 13.9. The molecule has 2 atom stereocenters. The zero-order valence-corrected chi connectivity index (χ0v) is 23.5. The summed E-state index contributed by atoms with van der Waals surface area (Å²) in [5, 5.41) is 12.4. The summed E-state index contributed by atoms with van der Waals surface area (Å²) in [7, 11) is 0. The van der Waals surface area contributed by atoms with E-state index in [4.69, 9.17) is 14.2 Å². The molecular formula is C28H53NO6. The van der Waals surface area contributed by atoms with Gasteiger partial charge in [-0.15, -0.1) is 0 Å². The molecule has 0 radical (unpaired) electrons. The lowest BCUT2D eigenvalue weighted by Gasteiger charge is -2.27. The number of carbonyl (C=O) groups excluding carboxylic acids is 2. The lowest BCUT2D eigenvalue weighted by Crippen LogP contribution is -2.48. The van der Waals surface area contributed by atoms with Crippen LogP contribution in [-0.4, -0.2) is 47.3 Å². The van der Waals surface area contributed by atoms with E-state index in [1.54, 1.807) is 47.6 Å². The average Bonchev–Trinajstić information content (AvgIpc) is 2.72. The van der Waals surface area contributed by atoms with Gasteiger partial charge in [-0.05, 0) is 60.5 Å². The van der Waals surface area contributed by atoms with Crippen LogP contribution in [0.3, 0.4) is 0 Å². The summed E-state index contributed by atoms with van der Waals surface area (Å²) in [5.41, 5.74) is -1.40. The number of allylic oxidation sites excluding steroid dienone is 1. The molecule has 0 aromatic carbocycles. The summed E-state index contributed by atoms with van der Waals surface area (Å²) in [5.74, 6) is 0. The molecule has 2 N–H and O–H groups in total. The number of hydrogen-bond acceptors (Lipinski definition) is 6. The van der Waals surface area contributed by atoms with E-state index in [1.807, 2.05) is 6.08 Å². The highest BCUT2D eigenvalue weighted by Crippen LogP contribution is 2.15. The first-order chi connectivity index (χ1) is 16.4. The molecule has 0 saturated heterocycles. The number of alkyl carbamates (subject to hydrolysis) is 1. The molecule has 0 saturated carbocycles. The van der Waals surface area contributed by atoms with Gasteiger partial charge in [0.1, 0.15) is 17.3 Å². The van der Waals surface area contributed by atoms with E-state index < -0.39 is 42.2 Å². The van der Waals surface area contributed by atoms with Crippen LogP contribution in [0.2, 0.25) is 0 Å². The van der Waals surface area contributed by atoms with Gasteiger partial charge in [0.2, 0.25) is 0 Å². The van der Waals surface area contributed by atoms with Gasteiger partial charge in [-0.25, -0.2) is 9.59 Å². The second kappa shape index (κ2) is 18.5. The Balaban J connectivity index is 4.60. The largest absolute Gasteiger partial charge is 0.509 e. The van der Waals surface area contributed by atoms with Crippen LogP contribution in [-0.2, 0) is 14.2 Å². The molecule has 0 bridgehead atoms. The maximum absolute atomic E-state index is 12.2. The number of hydrogen-bond donors (Lipinski definition) is 2. The second-order valence-corrected chi connectivity index (χ2v) is 11.2. The Morgan fingerprint density at radius 1 is 0.800 bits per heavy atom. The summed E-state index contributed by atoms with van der Waals surface area (Å²) in [6.07, 6.45) is 16.1. The van der Waals surface area contributed by atoms with Gasteiger partial charge in [0.05, 0.1) is 12.6 Å². The number of unbranched alkanes of at least 4 members (excludes halogenated alkanes) is 11. The standard InChI is InChI=1S/C28H53NO6/c1-8-9-10-11-12-13-14-15-16-17-18-19-20-21-24(33-26(32)35-28(5,6)7)23(22-30)29-25(31)34-27(2,3)4/h20-21,23-24,30H,8-19,22H2,1-7H3,(H,29,31)/b21-20-. The second-order valence-electron chi connectivity index (χ2n) is 11.2. The van der Waals surface area contributed by atoms with Crippen molar-refractivity contribution in [3.05, 3.63) is 12.2 Å². The van der Waals surface area contributed by atoms with Crippen molar-refractivity contribution in [2.45, 2.75) is 149 Å². The molecular weight excluding hydrogens is 446 g/mol. The third-order valence-electron chi connectivity index (χ3n) is 5.22. The van der Waals surface area contributed by atoms with Gasteiger partial charge < -0.3 is 24.6 Å². The Kier molecular flexibility index (Phi) is 17.6. The summed E-state index contributed by atoms with van der Waals surface area (Å²) in [6, 6.07) is -0.856. The zero-order chi connectivity index (χ0) is 26.7. The maximum atomic E-state index is 12.2. The Bertz CT molecular complexity index is 591. The van der Waals surface area contributed by atoms with Crippen molar-refractivity contribution < 1.29 is 28.9 Å². The molecule has 0 heterocycles. The lowest BCUT2D eigenvalue weighted by atomic mass is 10.0. The number of rotatable bonds is 17. The molecule has 0 aromatic rings. The number of amides is 1. The minimum Gasteiger partial charge on any atom is -0.444 e. The first-order valence-electron chi connectivity index (χ1n) is 13.5. The van der Waals surface area contributed by atoms with Crippen molar-refractivity contribution in [3.8, 4) is 0 Å². The zero-order valence-electron chi connectivity index (χ0n) is 23.5. The molecule has 1 amide bonds.